The number of aliphatic hydroxyl groups is 1. The molecule has 3 heteroatoms. The Morgan fingerprint density at radius 1 is 0.857 bits per heavy atom. The van der Waals surface area contributed by atoms with Gasteiger partial charge in [0.15, 0.2) is 4.27 Å². The molecule has 0 aromatic carbocycles. The van der Waals surface area contributed by atoms with Crippen molar-refractivity contribution in [3.63, 3.8) is 0 Å². The van der Waals surface area contributed by atoms with Crippen molar-refractivity contribution in [1.82, 2.24) is 0 Å². The molecule has 1 aliphatic rings. The van der Waals surface area contributed by atoms with Gasteiger partial charge in [-0.15, -0.1) is 0 Å². The Morgan fingerprint density at radius 3 is 1.86 bits per heavy atom. The molecule has 1 saturated heterocycles. The van der Waals surface area contributed by atoms with Crippen molar-refractivity contribution in [2.24, 2.45) is 0 Å². The Kier molecular flexibility index (Phi) is 6.38. The highest BCUT2D eigenvalue weighted by Gasteiger charge is 2.42. The smallest absolute Gasteiger partial charge is 0.177 e. The Bertz CT molecular complexity index is 146. The molecule has 0 unspecified atom stereocenters. The highest BCUT2D eigenvalue weighted by atomic mass is 33.2. The molecule has 14 heavy (non-hydrogen) atoms. The lowest BCUT2D eigenvalue weighted by molar-refractivity contribution is 0.226. The molecule has 0 saturated carbocycles. The molecule has 1 nitrogen and oxygen atoms in total. The van der Waals surface area contributed by atoms with Crippen LogP contribution in [-0.2, 0) is 0 Å². The largest absolute Gasteiger partial charge is 0.369 e. The minimum atomic E-state index is -0.373. The van der Waals surface area contributed by atoms with Gasteiger partial charge in [0.2, 0.25) is 0 Å². The van der Waals surface area contributed by atoms with Crippen molar-refractivity contribution in [2.75, 3.05) is 0 Å². The second-order valence-electron chi connectivity index (χ2n) is 4.10. The molecule has 1 N–H and O–H groups in total. The summed E-state index contributed by atoms with van der Waals surface area (Å²) in [6.07, 6.45) is 11.8. The minimum absolute atomic E-state index is 0.373. The summed E-state index contributed by atoms with van der Waals surface area (Å²) in [7, 11) is 3.24. The molecule has 0 atom stereocenters. The monoisotopic (exact) mass is 234 g/mol. The van der Waals surface area contributed by atoms with Gasteiger partial charge in [-0.05, 0) is 34.4 Å². The van der Waals surface area contributed by atoms with Crippen LogP contribution < -0.4 is 0 Å². The topological polar surface area (TPSA) is 20.2 Å². The van der Waals surface area contributed by atoms with Crippen molar-refractivity contribution in [2.45, 2.75) is 69.0 Å². The lowest BCUT2D eigenvalue weighted by Crippen LogP contribution is -2.01. The van der Waals surface area contributed by atoms with E-state index < -0.39 is 0 Å². The van der Waals surface area contributed by atoms with Gasteiger partial charge in [-0.3, -0.25) is 0 Å². The first-order valence-electron chi connectivity index (χ1n) is 5.86. The average Bonchev–Trinajstić information content (AvgIpc) is 2.89. The first-order chi connectivity index (χ1) is 6.77. The summed E-state index contributed by atoms with van der Waals surface area (Å²) in [6, 6.07) is 0. The minimum Gasteiger partial charge on any atom is -0.369 e. The van der Waals surface area contributed by atoms with E-state index in [1.165, 1.54) is 51.4 Å². The molecule has 1 aliphatic heterocycles. The van der Waals surface area contributed by atoms with Gasteiger partial charge in [0.1, 0.15) is 0 Å². The molecule has 1 heterocycles. The molecule has 84 valence electrons. The highest BCUT2D eigenvalue weighted by molar-refractivity contribution is 8.93. The lowest BCUT2D eigenvalue weighted by Gasteiger charge is -2.03. The Morgan fingerprint density at radius 2 is 1.36 bits per heavy atom. The van der Waals surface area contributed by atoms with Crippen LogP contribution >= 0.6 is 21.6 Å². The maximum Gasteiger partial charge on any atom is 0.177 e. The van der Waals surface area contributed by atoms with E-state index >= 15 is 0 Å². The Hall–Kier alpha value is 0.660. The van der Waals surface area contributed by atoms with E-state index in [9.17, 15) is 5.11 Å². The molecule has 1 fully saturated rings. The SMILES string of the molecule is CCCCCCCCCCC1(O)SS1. The van der Waals surface area contributed by atoms with Crippen LogP contribution in [0.1, 0.15) is 64.7 Å². The standard InChI is InChI=1S/C11H22OS2/c1-2-3-4-5-6-7-8-9-10-11(12)13-14-11/h12H,2-10H2,1H3. The van der Waals surface area contributed by atoms with Crippen molar-refractivity contribution in [3.8, 4) is 0 Å². The van der Waals surface area contributed by atoms with Crippen LogP contribution in [0, 0.1) is 0 Å². The van der Waals surface area contributed by atoms with Gasteiger partial charge in [-0.25, -0.2) is 0 Å². The van der Waals surface area contributed by atoms with Crippen LogP contribution in [0.2, 0.25) is 0 Å². The molecular formula is C11H22OS2. The van der Waals surface area contributed by atoms with Crippen LogP contribution in [0.15, 0.2) is 0 Å². The van der Waals surface area contributed by atoms with Crippen LogP contribution in [0.5, 0.6) is 0 Å². The zero-order valence-electron chi connectivity index (χ0n) is 9.13. The van der Waals surface area contributed by atoms with E-state index in [-0.39, 0.29) is 4.27 Å². The van der Waals surface area contributed by atoms with Gasteiger partial charge in [0.25, 0.3) is 0 Å². The van der Waals surface area contributed by atoms with Crippen molar-refractivity contribution < 1.29 is 5.11 Å². The zero-order chi connectivity index (χ0) is 10.3. The van der Waals surface area contributed by atoms with Crippen molar-refractivity contribution >= 4 is 21.6 Å². The summed E-state index contributed by atoms with van der Waals surface area (Å²) in [4.78, 5) is 0. The summed E-state index contributed by atoms with van der Waals surface area (Å²) >= 11 is 0. The maximum absolute atomic E-state index is 9.53. The molecular weight excluding hydrogens is 212 g/mol. The zero-order valence-corrected chi connectivity index (χ0v) is 10.8. The van der Waals surface area contributed by atoms with Crippen LogP contribution in [0.25, 0.3) is 0 Å². The van der Waals surface area contributed by atoms with E-state index in [4.69, 9.17) is 0 Å². The van der Waals surface area contributed by atoms with Crippen LogP contribution in [0.4, 0.5) is 0 Å². The van der Waals surface area contributed by atoms with E-state index in [1.807, 2.05) is 0 Å². The molecule has 0 aliphatic carbocycles. The summed E-state index contributed by atoms with van der Waals surface area (Å²) in [6.45, 7) is 2.26. The van der Waals surface area contributed by atoms with E-state index in [0.29, 0.717) is 0 Å². The van der Waals surface area contributed by atoms with E-state index in [0.717, 1.165) is 6.42 Å². The molecule has 1 rings (SSSR count). The first-order valence-corrected chi connectivity index (χ1v) is 8.01. The average molecular weight is 234 g/mol. The molecule has 0 radical (unpaired) electrons. The first kappa shape index (κ1) is 12.7. The third kappa shape index (κ3) is 6.20. The van der Waals surface area contributed by atoms with Gasteiger partial charge in [-0.2, -0.15) is 0 Å². The fraction of sp³-hybridized carbons (Fsp3) is 1.00. The van der Waals surface area contributed by atoms with Crippen LogP contribution in [0.3, 0.4) is 0 Å². The fourth-order valence-electron chi connectivity index (χ4n) is 1.61. The second-order valence-corrected chi connectivity index (χ2v) is 7.05. The van der Waals surface area contributed by atoms with Gasteiger partial charge in [-0.1, -0.05) is 51.9 Å². The fourth-order valence-corrected chi connectivity index (χ4v) is 2.95. The van der Waals surface area contributed by atoms with Gasteiger partial charge < -0.3 is 5.11 Å². The quantitative estimate of drug-likeness (QED) is 0.359. The molecule has 0 bridgehead atoms. The number of hydrogen-bond acceptors (Lipinski definition) is 3. The normalized spacial score (nSPS) is 18.4. The number of rotatable bonds is 9. The predicted molar refractivity (Wildman–Crippen MR) is 67.4 cm³/mol. The van der Waals surface area contributed by atoms with Gasteiger partial charge in [0.05, 0.1) is 0 Å². The van der Waals surface area contributed by atoms with Crippen molar-refractivity contribution in [3.05, 3.63) is 0 Å². The second kappa shape index (κ2) is 7.02. The highest BCUT2D eigenvalue weighted by Crippen LogP contribution is 2.65. The Labute approximate surface area is 95.8 Å². The predicted octanol–water partition coefficient (Wildman–Crippen LogP) is 4.56. The van der Waals surface area contributed by atoms with Crippen molar-refractivity contribution in [1.29, 1.82) is 0 Å². The van der Waals surface area contributed by atoms with E-state index in [2.05, 4.69) is 6.92 Å². The van der Waals surface area contributed by atoms with Gasteiger partial charge >= 0.3 is 0 Å². The summed E-state index contributed by atoms with van der Waals surface area (Å²) < 4.78 is -0.373. The van der Waals surface area contributed by atoms with Crippen LogP contribution in [-0.4, -0.2) is 9.37 Å². The molecule has 0 aromatic rings. The maximum atomic E-state index is 9.53. The van der Waals surface area contributed by atoms with Gasteiger partial charge in [0, 0.05) is 0 Å². The number of unbranched alkanes of at least 4 members (excludes halogenated alkanes) is 7. The molecule has 0 spiro atoms. The molecule has 0 amide bonds. The summed E-state index contributed by atoms with van der Waals surface area (Å²) in [5.41, 5.74) is 0. The third-order valence-electron chi connectivity index (χ3n) is 2.62. The lowest BCUT2D eigenvalue weighted by atomic mass is 10.1. The summed E-state index contributed by atoms with van der Waals surface area (Å²) in [5, 5.41) is 9.53. The number of hydrogen-bond donors (Lipinski definition) is 1. The Balaban J connectivity index is 1.72. The molecule has 0 aromatic heterocycles. The van der Waals surface area contributed by atoms with E-state index in [1.54, 1.807) is 21.6 Å². The third-order valence-corrected chi connectivity index (χ3v) is 5.24. The summed E-state index contributed by atoms with van der Waals surface area (Å²) in [5.74, 6) is 0.